The van der Waals surface area contributed by atoms with E-state index < -0.39 is 34.6 Å². The van der Waals surface area contributed by atoms with Crippen molar-refractivity contribution in [2.45, 2.75) is 57.4 Å². The van der Waals surface area contributed by atoms with E-state index in [1.165, 1.54) is 16.8 Å². The molecule has 1 saturated carbocycles. The van der Waals surface area contributed by atoms with E-state index in [-0.39, 0.29) is 35.6 Å². The monoisotopic (exact) mass is 486 g/mol. The van der Waals surface area contributed by atoms with Gasteiger partial charge in [-0.1, -0.05) is 25.3 Å². The number of hydrogen-bond donors (Lipinski definition) is 2. The number of amides is 2. The van der Waals surface area contributed by atoms with Crippen LogP contribution in [0.5, 0.6) is 5.75 Å². The molecule has 5 rings (SSSR count). The fourth-order valence-corrected chi connectivity index (χ4v) is 5.80. The van der Waals surface area contributed by atoms with Crippen LogP contribution in [-0.2, 0) is 13.1 Å². The largest absolute Gasteiger partial charge is 0.503 e. The first-order chi connectivity index (χ1) is 16.8. The van der Waals surface area contributed by atoms with Gasteiger partial charge in [-0.3, -0.25) is 19.3 Å². The molecule has 8 nitrogen and oxygen atoms in total. The van der Waals surface area contributed by atoms with E-state index in [1.807, 2.05) is 11.9 Å². The van der Waals surface area contributed by atoms with Crippen LogP contribution in [0.25, 0.3) is 0 Å². The second-order valence-corrected chi connectivity index (χ2v) is 9.74. The molecular weight excluding hydrogens is 458 g/mol. The van der Waals surface area contributed by atoms with Crippen LogP contribution in [-0.4, -0.2) is 57.1 Å². The summed E-state index contributed by atoms with van der Waals surface area (Å²) in [4.78, 5) is 43.2. The van der Waals surface area contributed by atoms with Gasteiger partial charge in [0.15, 0.2) is 11.4 Å². The molecule has 0 radical (unpaired) electrons. The highest BCUT2D eigenvalue weighted by atomic mass is 19.1. The third-order valence-electron chi connectivity index (χ3n) is 7.58. The zero-order chi connectivity index (χ0) is 24.9. The zero-order valence-electron chi connectivity index (χ0n) is 19.5. The van der Waals surface area contributed by atoms with Crippen molar-refractivity contribution >= 4 is 11.8 Å². The molecule has 0 spiro atoms. The number of nitrogens with one attached hydrogen (secondary N) is 1. The number of fused-ring (bicyclic) bond motifs is 4. The zero-order valence-corrected chi connectivity index (χ0v) is 19.5. The first kappa shape index (κ1) is 23.5. The van der Waals surface area contributed by atoms with Crippen LogP contribution >= 0.6 is 0 Å². The van der Waals surface area contributed by atoms with Crippen LogP contribution in [0.1, 0.15) is 58.5 Å². The van der Waals surface area contributed by atoms with E-state index in [4.69, 9.17) is 0 Å². The Morgan fingerprint density at radius 1 is 1.14 bits per heavy atom. The van der Waals surface area contributed by atoms with Gasteiger partial charge in [0.05, 0.1) is 6.54 Å². The molecule has 186 valence electrons. The summed E-state index contributed by atoms with van der Waals surface area (Å²) in [7, 11) is 1.96. The molecule has 1 aromatic heterocycles. The Morgan fingerprint density at radius 3 is 2.69 bits per heavy atom. The Labute approximate surface area is 201 Å². The Balaban J connectivity index is 1.45. The summed E-state index contributed by atoms with van der Waals surface area (Å²) in [6, 6.07) is 3.04. The van der Waals surface area contributed by atoms with Crippen LogP contribution in [0.4, 0.5) is 8.78 Å². The summed E-state index contributed by atoms with van der Waals surface area (Å²) < 4.78 is 28.5. The van der Waals surface area contributed by atoms with E-state index in [9.17, 15) is 28.3 Å². The quantitative estimate of drug-likeness (QED) is 0.695. The SMILES string of the molecule is CN1C[C@@H]2CCCCC[C@@H]2N2C(=O)c3c(O)c(=O)c(C(=O)NCc4ccc(F)cc4F)cn3C[C@@H]12. The minimum Gasteiger partial charge on any atom is -0.503 e. The van der Waals surface area contributed by atoms with Gasteiger partial charge in [0.1, 0.15) is 23.4 Å². The van der Waals surface area contributed by atoms with Gasteiger partial charge in [-0.05, 0) is 31.9 Å². The second kappa shape index (κ2) is 9.07. The van der Waals surface area contributed by atoms with Crippen molar-refractivity contribution in [2.24, 2.45) is 5.92 Å². The summed E-state index contributed by atoms with van der Waals surface area (Å²) in [5.74, 6) is -3.19. The number of aromatic nitrogens is 1. The third kappa shape index (κ3) is 4.09. The summed E-state index contributed by atoms with van der Waals surface area (Å²) in [6.45, 7) is 0.896. The minimum atomic E-state index is -0.956. The van der Waals surface area contributed by atoms with Crippen LogP contribution in [0.2, 0.25) is 0 Å². The smallest absolute Gasteiger partial charge is 0.276 e. The first-order valence-electron chi connectivity index (χ1n) is 12.0. The molecule has 2 aliphatic heterocycles. The van der Waals surface area contributed by atoms with Gasteiger partial charge in [-0.2, -0.15) is 0 Å². The van der Waals surface area contributed by atoms with Crippen LogP contribution in [0.3, 0.4) is 0 Å². The summed E-state index contributed by atoms with van der Waals surface area (Å²) in [5.41, 5.74) is -1.36. The number of hydrogen-bond acceptors (Lipinski definition) is 5. The fourth-order valence-electron chi connectivity index (χ4n) is 5.80. The van der Waals surface area contributed by atoms with Gasteiger partial charge >= 0.3 is 0 Å². The van der Waals surface area contributed by atoms with E-state index in [0.29, 0.717) is 18.5 Å². The molecule has 0 bridgehead atoms. The molecule has 1 saturated heterocycles. The summed E-state index contributed by atoms with van der Waals surface area (Å²) in [6.07, 6.45) is 6.27. The van der Waals surface area contributed by atoms with Crippen molar-refractivity contribution < 1.29 is 23.5 Å². The molecule has 2 N–H and O–H groups in total. The number of rotatable bonds is 3. The molecule has 0 unspecified atom stereocenters. The van der Waals surface area contributed by atoms with Crippen molar-refractivity contribution in [3.05, 3.63) is 63.1 Å². The van der Waals surface area contributed by atoms with Crippen LogP contribution < -0.4 is 10.7 Å². The van der Waals surface area contributed by atoms with Gasteiger partial charge < -0.3 is 19.9 Å². The van der Waals surface area contributed by atoms with E-state index in [1.54, 1.807) is 0 Å². The predicted molar refractivity (Wildman–Crippen MR) is 123 cm³/mol. The molecule has 10 heteroatoms. The lowest BCUT2D eigenvalue weighted by Crippen LogP contribution is -2.66. The van der Waals surface area contributed by atoms with Crippen molar-refractivity contribution in [1.29, 1.82) is 0 Å². The number of benzene rings is 1. The summed E-state index contributed by atoms with van der Waals surface area (Å²) >= 11 is 0. The maximum absolute atomic E-state index is 13.9. The maximum Gasteiger partial charge on any atom is 0.276 e. The standard InChI is InChI=1S/C25H28F2N4O4/c1-29-11-15-5-3-2-4-6-19(15)31-20(29)13-30-12-17(22(32)23(33)21(30)25(31)35)24(34)28-10-14-7-8-16(26)9-18(14)27/h7-9,12,15,19-20,33H,2-6,10-11,13H2,1H3,(H,28,34)/t15-,19-,20-/m0/s1. The van der Waals surface area contributed by atoms with Crippen LogP contribution in [0, 0.1) is 17.6 Å². The van der Waals surface area contributed by atoms with Crippen molar-refractivity contribution in [3.8, 4) is 5.75 Å². The van der Waals surface area contributed by atoms with Gasteiger partial charge in [0.25, 0.3) is 11.8 Å². The van der Waals surface area contributed by atoms with Gasteiger partial charge in [-0.15, -0.1) is 0 Å². The molecule has 3 atom stereocenters. The highest BCUT2D eigenvalue weighted by molar-refractivity contribution is 5.99. The van der Waals surface area contributed by atoms with E-state index >= 15 is 0 Å². The molecular formula is C25H28F2N4O4. The molecule has 3 aliphatic rings. The molecule has 35 heavy (non-hydrogen) atoms. The lowest BCUT2D eigenvalue weighted by atomic mass is 9.88. The highest BCUT2D eigenvalue weighted by Gasteiger charge is 2.47. The maximum atomic E-state index is 13.9. The number of pyridine rings is 1. The van der Waals surface area contributed by atoms with Gasteiger partial charge in [-0.25, -0.2) is 8.78 Å². The van der Waals surface area contributed by atoms with Crippen molar-refractivity contribution in [2.75, 3.05) is 13.6 Å². The molecule has 2 amide bonds. The number of halogens is 2. The Hall–Kier alpha value is -3.27. The Bertz CT molecular complexity index is 1250. The predicted octanol–water partition coefficient (Wildman–Crippen LogP) is 2.44. The molecule has 1 aliphatic carbocycles. The molecule has 2 fully saturated rings. The lowest BCUT2D eigenvalue weighted by molar-refractivity contribution is -0.0530. The Morgan fingerprint density at radius 2 is 1.91 bits per heavy atom. The summed E-state index contributed by atoms with van der Waals surface area (Å²) in [5, 5.41) is 13.2. The fraction of sp³-hybridized carbons (Fsp3) is 0.480. The first-order valence-corrected chi connectivity index (χ1v) is 12.0. The second-order valence-electron chi connectivity index (χ2n) is 9.74. The topological polar surface area (TPSA) is 94.9 Å². The average Bonchev–Trinajstić information content (AvgIpc) is 3.06. The lowest BCUT2D eigenvalue weighted by Gasteiger charge is -2.53. The van der Waals surface area contributed by atoms with Gasteiger partial charge in [0.2, 0.25) is 5.43 Å². The highest BCUT2D eigenvalue weighted by Crippen LogP contribution is 2.38. The number of carbonyl (C=O) groups is 2. The van der Waals surface area contributed by atoms with Crippen LogP contribution in [0.15, 0.2) is 29.2 Å². The van der Waals surface area contributed by atoms with E-state index in [2.05, 4.69) is 10.2 Å². The van der Waals surface area contributed by atoms with Gasteiger partial charge in [0, 0.05) is 37.0 Å². The average molecular weight is 487 g/mol. The number of nitrogens with zero attached hydrogens (tertiary/aromatic N) is 3. The van der Waals surface area contributed by atoms with Crippen molar-refractivity contribution in [1.82, 2.24) is 19.7 Å². The number of aromatic hydroxyl groups is 1. The minimum absolute atomic E-state index is 0.0506. The number of likely N-dealkylation sites (N-methyl/N-ethyl adjacent to an activating group) is 1. The third-order valence-corrected chi connectivity index (χ3v) is 7.58. The Kier molecular flexibility index (Phi) is 6.08. The molecule has 3 heterocycles. The molecule has 1 aromatic carbocycles. The normalized spacial score (nSPS) is 24.3. The molecule has 2 aromatic rings. The van der Waals surface area contributed by atoms with E-state index in [0.717, 1.165) is 44.7 Å². The van der Waals surface area contributed by atoms with Crippen molar-refractivity contribution in [3.63, 3.8) is 0 Å². The number of carbonyl (C=O) groups excluding carboxylic acids is 2.